The van der Waals surface area contributed by atoms with Crippen molar-refractivity contribution in [3.63, 3.8) is 0 Å². The summed E-state index contributed by atoms with van der Waals surface area (Å²) in [4.78, 5) is 1.14. The third-order valence-electron chi connectivity index (χ3n) is 2.06. The van der Waals surface area contributed by atoms with Crippen LogP contribution in [-0.2, 0) is 5.33 Å². The minimum absolute atomic E-state index is 0.421. The maximum absolute atomic E-state index is 12.2. The van der Waals surface area contributed by atoms with E-state index in [4.69, 9.17) is 11.6 Å². The van der Waals surface area contributed by atoms with Gasteiger partial charge in [0.1, 0.15) is 6.54 Å². The number of anilines is 1. The monoisotopic (exact) mass is 315 g/mol. The van der Waals surface area contributed by atoms with E-state index in [1.54, 1.807) is 18.2 Å². The normalized spacial score (nSPS) is 11.6. The highest BCUT2D eigenvalue weighted by molar-refractivity contribution is 9.08. The van der Waals surface area contributed by atoms with E-state index in [9.17, 15) is 13.2 Å². The van der Waals surface area contributed by atoms with E-state index in [1.165, 1.54) is 7.05 Å². The van der Waals surface area contributed by atoms with Crippen LogP contribution in [0.25, 0.3) is 0 Å². The Morgan fingerprint density at radius 2 is 2.00 bits per heavy atom. The van der Waals surface area contributed by atoms with Crippen molar-refractivity contribution in [3.05, 3.63) is 28.8 Å². The molecule has 1 nitrogen and oxygen atoms in total. The van der Waals surface area contributed by atoms with E-state index < -0.39 is 12.7 Å². The van der Waals surface area contributed by atoms with Gasteiger partial charge in [-0.2, -0.15) is 13.2 Å². The molecule has 1 rings (SSSR count). The van der Waals surface area contributed by atoms with Gasteiger partial charge in [0.15, 0.2) is 0 Å². The summed E-state index contributed by atoms with van der Waals surface area (Å²) in [5, 5.41) is 0.882. The fourth-order valence-corrected chi connectivity index (χ4v) is 2.38. The molecule has 6 heteroatoms. The number of hydrogen-bond acceptors (Lipinski definition) is 1. The van der Waals surface area contributed by atoms with Gasteiger partial charge in [0.05, 0.1) is 0 Å². The summed E-state index contributed by atoms with van der Waals surface area (Å²) in [5.74, 6) is 0. The fraction of sp³-hybridized carbons (Fsp3) is 0.400. The van der Waals surface area contributed by atoms with Gasteiger partial charge in [-0.05, 0) is 12.1 Å². The van der Waals surface area contributed by atoms with Crippen molar-refractivity contribution in [1.82, 2.24) is 0 Å². The van der Waals surface area contributed by atoms with Gasteiger partial charge in [-0.3, -0.25) is 0 Å². The van der Waals surface area contributed by atoms with Gasteiger partial charge in [-0.15, -0.1) is 0 Å². The third kappa shape index (κ3) is 3.56. The molecular weight excluding hydrogens is 306 g/mol. The molecule has 0 unspecified atom stereocenters. The zero-order chi connectivity index (χ0) is 12.3. The highest BCUT2D eigenvalue weighted by Crippen LogP contribution is 2.30. The average Bonchev–Trinajstić information content (AvgIpc) is 2.14. The Balaban J connectivity index is 2.99. The summed E-state index contributed by atoms with van der Waals surface area (Å²) < 4.78 is 36.7. The number of nitrogens with zero attached hydrogens (tertiary/aromatic N) is 1. The third-order valence-corrected chi connectivity index (χ3v) is 2.97. The van der Waals surface area contributed by atoms with Crippen molar-refractivity contribution in [1.29, 1.82) is 0 Å². The first-order valence-corrected chi connectivity index (χ1v) is 5.96. The smallest absolute Gasteiger partial charge is 0.365 e. The van der Waals surface area contributed by atoms with E-state index in [1.807, 2.05) is 0 Å². The Labute approximate surface area is 105 Å². The predicted molar refractivity (Wildman–Crippen MR) is 63.4 cm³/mol. The maximum atomic E-state index is 12.2. The van der Waals surface area contributed by atoms with E-state index in [0.717, 1.165) is 4.90 Å². The molecule has 16 heavy (non-hydrogen) atoms. The second-order valence-corrected chi connectivity index (χ2v) is 4.31. The number of benzene rings is 1. The first-order valence-electron chi connectivity index (χ1n) is 4.46. The van der Waals surface area contributed by atoms with E-state index >= 15 is 0 Å². The summed E-state index contributed by atoms with van der Waals surface area (Å²) in [7, 11) is 1.39. The van der Waals surface area contributed by atoms with Gasteiger partial charge in [0.25, 0.3) is 0 Å². The molecule has 1 aromatic carbocycles. The van der Waals surface area contributed by atoms with Gasteiger partial charge in [-0.1, -0.05) is 33.6 Å². The molecule has 0 aliphatic rings. The Bertz CT molecular complexity index is 368. The Morgan fingerprint density at radius 3 is 2.50 bits per heavy atom. The summed E-state index contributed by atoms with van der Waals surface area (Å²) in [6.45, 7) is -0.993. The van der Waals surface area contributed by atoms with E-state index in [-0.39, 0.29) is 0 Å². The second-order valence-electron chi connectivity index (χ2n) is 3.34. The molecule has 0 aliphatic carbocycles. The van der Waals surface area contributed by atoms with Crippen molar-refractivity contribution < 1.29 is 13.2 Å². The lowest BCUT2D eigenvalue weighted by Gasteiger charge is -2.23. The Morgan fingerprint density at radius 1 is 1.38 bits per heavy atom. The van der Waals surface area contributed by atoms with Crippen LogP contribution in [0.3, 0.4) is 0 Å². The maximum Gasteiger partial charge on any atom is 0.405 e. The first-order chi connectivity index (χ1) is 7.35. The van der Waals surface area contributed by atoms with Crippen LogP contribution in [-0.4, -0.2) is 19.8 Å². The molecule has 0 saturated heterocycles. The molecule has 0 fully saturated rings. The Hall–Kier alpha value is -0.420. The lowest BCUT2D eigenvalue weighted by molar-refractivity contribution is -0.119. The van der Waals surface area contributed by atoms with Crippen molar-refractivity contribution in [3.8, 4) is 0 Å². The molecule has 0 spiro atoms. The molecule has 90 valence electrons. The predicted octanol–water partition coefficient (Wildman–Crippen LogP) is 4.23. The topological polar surface area (TPSA) is 3.24 Å². The average molecular weight is 317 g/mol. The zero-order valence-corrected chi connectivity index (χ0v) is 10.8. The van der Waals surface area contributed by atoms with Crippen LogP contribution in [0.4, 0.5) is 18.9 Å². The molecule has 0 bridgehead atoms. The number of halogens is 5. The molecule has 0 heterocycles. The van der Waals surface area contributed by atoms with Gasteiger partial charge >= 0.3 is 6.18 Å². The summed E-state index contributed by atoms with van der Waals surface area (Å²) in [5.41, 5.74) is 1.15. The van der Waals surface area contributed by atoms with Crippen molar-refractivity contribution in [2.75, 3.05) is 18.5 Å². The molecule has 1 aromatic rings. The summed E-state index contributed by atoms with van der Waals surface area (Å²) in [6, 6.07) is 4.91. The number of hydrogen-bond donors (Lipinski definition) is 0. The summed E-state index contributed by atoms with van der Waals surface area (Å²) >= 11 is 9.12. The quantitative estimate of drug-likeness (QED) is 0.754. The van der Waals surface area contributed by atoms with Crippen LogP contribution in [0.5, 0.6) is 0 Å². The van der Waals surface area contributed by atoms with Crippen LogP contribution >= 0.6 is 27.5 Å². The largest absolute Gasteiger partial charge is 0.405 e. The van der Waals surface area contributed by atoms with E-state index in [2.05, 4.69) is 15.9 Å². The van der Waals surface area contributed by atoms with Gasteiger partial charge in [0.2, 0.25) is 0 Å². The van der Waals surface area contributed by atoms with Crippen LogP contribution in [0.1, 0.15) is 5.56 Å². The fourth-order valence-electron chi connectivity index (χ4n) is 1.39. The molecule has 0 atom stereocenters. The van der Waals surface area contributed by atoms with Crippen molar-refractivity contribution >= 4 is 33.2 Å². The van der Waals surface area contributed by atoms with Crippen molar-refractivity contribution in [2.24, 2.45) is 0 Å². The van der Waals surface area contributed by atoms with Crippen molar-refractivity contribution in [2.45, 2.75) is 11.5 Å². The highest BCUT2D eigenvalue weighted by Gasteiger charge is 2.30. The molecule has 0 radical (unpaired) electrons. The van der Waals surface area contributed by atoms with Crippen LogP contribution in [0.15, 0.2) is 18.2 Å². The molecule has 0 aliphatic heterocycles. The zero-order valence-electron chi connectivity index (χ0n) is 8.48. The molecular formula is C10H10BrClF3N. The molecule has 0 amide bonds. The molecule has 0 N–H and O–H groups in total. The van der Waals surface area contributed by atoms with Gasteiger partial charge in [-0.25, -0.2) is 0 Å². The summed E-state index contributed by atoms with van der Waals surface area (Å²) in [6.07, 6.45) is -4.22. The Kier molecular flexibility index (Phi) is 4.50. The lowest BCUT2D eigenvalue weighted by atomic mass is 10.2. The van der Waals surface area contributed by atoms with Crippen LogP contribution < -0.4 is 4.90 Å². The first kappa shape index (κ1) is 13.6. The lowest BCUT2D eigenvalue weighted by Crippen LogP contribution is -2.31. The minimum atomic E-state index is -4.22. The van der Waals surface area contributed by atoms with Gasteiger partial charge < -0.3 is 4.90 Å². The highest BCUT2D eigenvalue weighted by atomic mass is 79.9. The number of rotatable bonds is 3. The minimum Gasteiger partial charge on any atom is -0.365 e. The second kappa shape index (κ2) is 5.27. The molecule has 0 saturated carbocycles. The standard InChI is InChI=1S/C10H10BrClF3N/c1-16(6-10(13,14)15)9-4-2-3-8(12)7(9)5-11/h2-4H,5-6H2,1H3. The molecule has 0 aromatic heterocycles. The van der Waals surface area contributed by atoms with Gasteiger partial charge in [0, 0.05) is 28.7 Å². The SMILES string of the molecule is CN(CC(F)(F)F)c1cccc(Cl)c1CBr. The van der Waals surface area contributed by atoms with Crippen LogP contribution in [0, 0.1) is 0 Å². The number of alkyl halides is 4. The van der Waals surface area contributed by atoms with Crippen LogP contribution in [0.2, 0.25) is 5.02 Å². The van der Waals surface area contributed by atoms with E-state index in [0.29, 0.717) is 21.6 Å².